The normalized spacial score (nSPS) is 19.4. The molecule has 2 aliphatic rings. The summed E-state index contributed by atoms with van der Waals surface area (Å²) in [6.45, 7) is 3.62. The molecule has 5 rings (SSSR count). The molecule has 11 nitrogen and oxygen atoms in total. The molecule has 15 heteroatoms. The van der Waals surface area contributed by atoms with Crippen molar-refractivity contribution >= 4 is 28.4 Å². The lowest BCUT2D eigenvalue weighted by Crippen LogP contribution is -2.49. The number of carbonyl (C=O) groups excluding carboxylic acids is 2. The lowest BCUT2D eigenvalue weighted by molar-refractivity contribution is -0.193. The molecule has 2 aliphatic carbocycles. The predicted octanol–water partition coefficient (Wildman–Crippen LogP) is 6.45. The number of aryl methyl sites for hydroxylation is 2. The van der Waals surface area contributed by atoms with Crippen molar-refractivity contribution in [1.82, 2.24) is 20.2 Å². The Kier molecular flexibility index (Phi) is 11.1. The van der Waals surface area contributed by atoms with Crippen molar-refractivity contribution < 1.29 is 40.7 Å². The van der Waals surface area contributed by atoms with Crippen LogP contribution in [0.25, 0.3) is 11.3 Å². The number of alkyl carbamates (subject to hydrolysis) is 1. The summed E-state index contributed by atoms with van der Waals surface area (Å²) in [5.41, 5.74) is 1.17. The third-order valence-electron chi connectivity index (χ3n) is 9.83. The van der Waals surface area contributed by atoms with Crippen LogP contribution in [0, 0.1) is 19.3 Å². The Hall–Kier alpha value is -4.24. The molecule has 50 heavy (non-hydrogen) atoms. The summed E-state index contributed by atoms with van der Waals surface area (Å²) >= 11 is 0. The van der Waals surface area contributed by atoms with Crippen LogP contribution < -0.4 is 14.8 Å². The molecule has 0 spiro atoms. The zero-order chi connectivity index (χ0) is 36.3. The Morgan fingerprint density at radius 2 is 1.72 bits per heavy atom. The van der Waals surface area contributed by atoms with E-state index in [2.05, 4.69) is 20.0 Å². The van der Waals surface area contributed by atoms with E-state index in [1.807, 2.05) is 36.9 Å². The molecule has 0 bridgehead atoms. The fourth-order valence-corrected chi connectivity index (χ4v) is 7.68. The minimum atomic E-state index is -4.37. The molecular formula is C35H42F3N5O6S. The largest absolute Gasteiger partial charge is 0.476 e. The van der Waals surface area contributed by atoms with Crippen LogP contribution in [0.15, 0.2) is 53.4 Å². The van der Waals surface area contributed by atoms with Gasteiger partial charge in [0.15, 0.2) is 0 Å². The molecule has 1 heterocycles. The van der Waals surface area contributed by atoms with E-state index in [1.54, 1.807) is 13.1 Å². The Balaban J connectivity index is 1.44. The minimum absolute atomic E-state index is 0.0155. The third kappa shape index (κ3) is 8.55. The Labute approximate surface area is 290 Å². The van der Waals surface area contributed by atoms with Crippen LogP contribution >= 0.6 is 0 Å². The summed E-state index contributed by atoms with van der Waals surface area (Å²) in [5.74, 6) is -0.315. The molecule has 270 valence electrons. The minimum Gasteiger partial charge on any atom is -0.476 e. The van der Waals surface area contributed by atoms with Crippen molar-refractivity contribution in [3.8, 4) is 17.1 Å². The zero-order valence-electron chi connectivity index (χ0n) is 28.4. The van der Waals surface area contributed by atoms with Gasteiger partial charge >= 0.3 is 12.3 Å². The van der Waals surface area contributed by atoms with Crippen molar-refractivity contribution in [1.29, 1.82) is 0 Å². The summed E-state index contributed by atoms with van der Waals surface area (Å²) in [6, 6.07) is 11.9. The number of hydrogen-bond donors (Lipinski definition) is 2. The number of hydrogen-bond acceptors (Lipinski definition) is 9. The number of ether oxygens (including phenoxy) is 2. The summed E-state index contributed by atoms with van der Waals surface area (Å²) in [4.78, 5) is 33.6. The highest BCUT2D eigenvalue weighted by molar-refractivity contribution is 7.92. The molecule has 1 aromatic heterocycles. The van der Waals surface area contributed by atoms with Gasteiger partial charge in [-0.15, -0.1) is 0 Å². The molecule has 0 radical (unpaired) electrons. The molecule has 2 N–H and O–H groups in total. The quantitative estimate of drug-likeness (QED) is 0.191. The third-order valence-corrected chi connectivity index (χ3v) is 11.2. The molecule has 1 amide bonds. The molecule has 2 aromatic carbocycles. The fourth-order valence-electron chi connectivity index (χ4n) is 6.68. The summed E-state index contributed by atoms with van der Waals surface area (Å²) in [5, 5.41) is 2.80. The van der Waals surface area contributed by atoms with E-state index in [0.29, 0.717) is 37.7 Å². The number of nitrogens with one attached hydrogen (secondary N) is 2. The fraction of sp³-hybridized carbons (Fsp3) is 0.486. The van der Waals surface area contributed by atoms with E-state index in [4.69, 9.17) is 9.47 Å². The topological polar surface area (TPSA) is 140 Å². The van der Waals surface area contributed by atoms with Gasteiger partial charge in [0, 0.05) is 35.3 Å². The van der Waals surface area contributed by atoms with Crippen LogP contribution in [0.5, 0.6) is 5.88 Å². The smallest absolute Gasteiger partial charge is 0.407 e. The number of aromatic nitrogens is 2. The lowest BCUT2D eigenvalue weighted by atomic mass is 9.88. The molecule has 0 saturated heterocycles. The number of methoxy groups -OCH3 is 1. The van der Waals surface area contributed by atoms with Gasteiger partial charge in [-0.1, -0.05) is 30.3 Å². The summed E-state index contributed by atoms with van der Waals surface area (Å²) in [6.07, 6.45) is -1.85. The van der Waals surface area contributed by atoms with Crippen LogP contribution in [0.3, 0.4) is 0 Å². The standard InChI is InChI=1S/C35H42F3N5O6S/c1-22-7-5-8-23(2)31(22)29-18-30(41-32(40-29)42-50(46,47)28-10-6-9-24(17-28)20-44)49-21-27(19-34(15-16-34)35(36,37)38)43(3)26-13-11-25(12-14-26)39-33(45)48-4/h5-10,17-18,20,25-27H,11-16,19,21H2,1-4H3,(H,39,45)(H,40,41,42)/t25?,26?,27-/m1/s1. The SMILES string of the molecule is COC(=O)NC1CCC(N(C)[C@@H](COc2cc(-c3c(C)cccc3C)nc(NS(=O)(=O)c3cccc(C=O)c3)n2)CC2(C(F)(F)F)CC2)CC1. The van der Waals surface area contributed by atoms with Gasteiger partial charge in [-0.3, -0.25) is 9.69 Å². The average Bonchev–Trinajstić information content (AvgIpc) is 3.87. The van der Waals surface area contributed by atoms with E-state index in [1.165, 1.54) is 31.4 Å². The average molecular weight is 718 g/mol. The maximum Gasteiger partial charge on any atom is 0.407 e. The monoisotopic (exact) mass is 717 g/mol. The number of likely N-dealkylation sites (N-methyl/N-ethyl adjacent to an activating group) is 1. The highest BCUT2D eigenvalue weighted by Gasteiger charge is 2.63. The van der Waals surface area contributed by atoms with E-state index in [9.17, 15) is 31.2 Å². The van der Waals surface area contributed by atoms with Gasteiger partial charge in [0.1, 0.15) is 12.9 Å². The highest BCUT2D eigenvalue weighted by Crippen LogP contribution is 2.61. The van der Waals surface area contributed by atoms with Crippen LogP contribution in [-0.2, 0) is 14.8 Å². The second-order valence-electron chi connectivity index (χ2n) is 13.2. The summed E-state index contributed by atoms with van der Waals surface area (Å²) < 4.78 is 82.7. The van der Waals surface area contributed by atoms with Gasteiger partial charge < -0.3 is 14.8 Å². The first-order chi connectivity index (χ1) is 23.6. The number of nitrogens with zero attached hydrogens (tertiary/aromatic N) is 3. The molecule has 1 atom stereocenters. The van der Waals surface area contributed by atoms with Crippen LogP contribution in [-0.4, -0.2) is 80.7 Å². The Morgan fingerprint density at radius 1 is 1.06 bits per heavy atom. The summed E-state index contributed by atoms with van der Waals surface area (Å²) in [7, 11) is -1.15. The zero-order valence-corrected chi connectivity index (χ0v) is 29.2. The second-order valence-corrected chi connectivity index (χ2v) is 14.9. The van der Waals surface area contributed by atoms with E-state index in [0.717, 1.165) is 16.7 Å². The van der Waals surface area contributed by atoms with E-state index in [-0.39, 0.29) is 60.2 Å². The first-order valence-corrected chi connectivity index (χ1v) is 17.9. The van der Waals surface area contributed by atoms with Gasteiger partial charge in [0.05, 0.1) is 23.1 Å². The number of carbonyl (C=O) groups is 2. The number of amides is 1. The van der Waals surface area contributed by atoms with Crippen LogP contribution in [0.2, 0.25) is 0 Å². The van der Waals surface area contributed by atoms with Gasteiger partial charge in [-0.2, -0.15) is 18.2 Å². The van der Waals surface area contributed by atoms with Crippen molar-refractivity contribution in [3.63, 3.8) is 0 Å². The van der Waals surface area contributed by atoms with Gasteiger partial charge in [-0.25, -0.2) is 22.9 Å². The number of benzene rings is 2. The van der Waals surface area contributed by atoms with Crippen LogP contribution in [0.4, 0.5) is 23.9 Å². The molecular weight excluding hydrogens is 675 g/mol. The van der Waals surface area contributed by atoms with E-state index >= 15 is 0 Å². The maximum absolute atomic E-state index is 14.2. The molecule has 3 aromatic rings. The van der Waals surface area contributed by atoms with Gasteiger partial charge in [-0.05, 0) is 89.1 Å². The van der Waals surface area contributed by atoms with Gasteiger partial charge in [0.2, 0.25) is 11.8 Å². The lowest BCUT2D eigenvalue weighted by Gasteiger charge is -2.40. The maximum atomic E-state index is 14.2. The first-order valence-electron chi connectivity index (χ1n) is 16.4. The number of halogens is 3. The molecule has 0 aliphatic heterocycles. The molecule has 2 saturated carbocycles. The first kappa shape index (κ1) is 37.0. The Bertz CT molecular complexity index is 1790. The van der Waals surface area contributed by atoms with Crippen LogP contribution in [0.1, 0.15) is 66.4 Å². The second kappa shape index (κ2) is 14.9. The van der Waals surface area contributed by atoms with Crippen molar-refractivity contribution in [2.45, 2.75) is 88.0 Å². The van der Waals surface area contributed by atoms with Crippen molar-refractivity contribution in [2.75, 3.05) is 25.5 Å². The number of rotatable bonds is 13. The van der Waals surface area contributed by atoms with Crippen molar-refractivity contribution in [2.24, 2.45) is 5.41 Å². The number of alkyl halides is 3. The van der Waals surface area contributed by atoms with E-state index < -0.39 is 33.7 Å². The van der Waals surface area contributed by atoms with Gasteiger partial charge in [0.25, 0.3) is 10.0 Å². The number of anilines is 1. The molecule has 0 unspecified atom stereocenters. The highest BCUT2D eigenvalue weighted by atomic mass is 32.2. The van der Waals surface area contributed by atoms with Crippen molar-refractivity contribution in [3.05, 3.63) is 65.2 Å². The molecule has 2 fully saturated rings. The Morgan fingerprint density at radius 3 is 2.32 bits per heavy atom. The predicted molar refractivity (Wildman–Crippen MR) is 181 cm³/mol. The number of aldehydes is 1. The number of sulfonamides is 1.